The molecule has 0 fully saturated rings. The molecule has 1 aromatic rings. The van der Waals surface area contributed by atoms with E-state index in [1.165, 1.54) is 17.5 Å². The Morgan fingerprint density at radius 3 is 2.88 bits per heavy atom. The third-order valence-electron chi connectivity index (χ3n) is 3.45. The van der Waals surface area contributed by atoms with Crippen LogP contribution in [0, 0.1) is 0 Å². The molecule has 0 bridgehead atoms. The molecule has 0 spiro atoms. The predicted molar refractivity (Wildman–Crippen MR) is 71.9 cm³/mol. The lowest BCUT2D eigenvalue weighted by molar-refractivity contribution is 0.145. The summed E-state index contributed by atoms with van der Waals surface area (Å²) in [6, 6.07) is 8.73. The van der Waals surface area contributed by atoms with Gasteiger partial charge in [-0.25, -0.2) is 0 Å². The van der Waals surface area contributed by atoms with Gasteiger partial charge in [0.1, 0.15) is 0 Å². The molecule has 0 radical (unpaired) electrons. The molecule has 0 aromatic heterocycles. The maximum atomic E-state index is 5.84. The van der Waals surface area contributed by atoms with Crippen LogP contribution in [0.1, 0.15) is 17.0 Å². The van der Waals surface area contributed by atoms with E-state index in [-0.39, 0.29) is 0 Å². The molecule has 2 nitrogen and oxygen atoms in total. The lowest BCUT2D eigenvalue weighted by Gasteiger charge is -2.34. The molecule has 2 rings (SSSR count). The van der Waals surface area contributed by atoms with E-state index in [0.29, 0.717) is 11.8 Å². The summed E-state index contributed by atoms with van der Waals surface area (Å²) in [6.07, 6.45) is 1.21. The average molecular weight is 254 g/mol. The van der Waals surface area contributed by atoms with Crippen LogP contribution < -0.4 is 0 Å². The predicted octanol–water partition coefficient (Wildman–Crippen LogP) is 2.51. The van der Waals surface area contributed by atoms with Gasteiger partial charge in [-0.05, 0) is 17.5 Å². The Morgan fingerprint density at radius 2 is 2.18 bits per heavy atom. The van der Waals surface area contributed by atoms with E-state index in [4.69, 9.17) is 16.3 Å². The van der Waals surface area contributed by atoms with Gasteiger partial charge in [0.15, 0.2) is 0 Å². The van der Waals surface area contributed by atoms with Crippen LogP contribution in [0.3, 0.4) is 0 Å². The van der Waals surface area contributed by atoms with Crippen LogP contribution in [0.4, 0.5) is 0 Å². The number of rotatable bonds is 7. The van der Waals surface area contributed by atoms with Gasteiger partial charge in [0.25, 0.3) is 0 Å². The second-order valence-corrected chi connectivity index (χ2v) is 4.96. The Kier molecular flexibility index (Phi) is 4.84. The minimum absolute atomic E-state index is 0.686. The van der Waals surface area contributed by atoms with Gasteiger partial charge in [-0.2, -0.15) is 0 Å². The van der Waals surface area contributed by atoms with Crippen molar-refractivity contribution in [3.8, 4) is 0 Å². The largest absolute Gasteiger partial charge is 0.383 e. The fraction of sp³-hybridized carbons (Fsp3) is 0.571. The summed E-state index contributed by atoms with van der Waals surface area (Å²) in [5.74, 6) is 1.38. The summed E-state index contributed by atoms with van der Waals surface area (Å²) >= 11 is 5.84. The van der Waals surface area contributed by atoms with Crippen LogP contribution in [-0.4, -0.2) is 44.1 Å². The maximum Gasteiger partial charge on any atom is 0.0589 e. The number of ether oxygens (including phenoxy) is 1. The first-order valence-electron chi connectivity index (χ1n) is 6.20. The van der Waals surface area contributed by atoms with E-state index >= 15 is 0 Å². The summed E-state index contributed by atoms with van der Waals surface area (Å²) in [6.45, 7) is 3.81. The van der Waals surface area contributed by atoms with Crippen LogP contribution in [0.5, 0.6) is 0 Å². The van der Waals surface area contributed by atoms with E-state index in [0.717, 1.165) is 26.2 Å². The molecule has 1 unspecified atom stereocenters. The quantitative estimate of drug-likeness (QED) is 0.693. The number of fused-ring (bicyclic) bond motifs is 1. The van der Waals surface area contributed by atoms with Gasteiger partial charge >= 0.3 is 0 Å². The minimum Gasteiger partial charge on any atom is -0.383 e. The molecule has 1 atom stereocenters. The first kappa shape index (κ1) is 12.9. The summed E-state index contributed by atoms with van der Waals surface area (Å²) < 4.78 is 5.14. The van der Waals surface area contributed by atoms with Gasteiger partial charge in [0, 0.05) is 38.5 Å². The van der Waals surface area contributed by atoms with Crippen LogP contribution in [-0.2, 0) is 11.2 Å². The Bertz CT molecular complexity index is 356. The van der Waals surface area contributed by atoms with Crippen molar-refractivity contribution >= 4 is 11.6 Å². The molecular weight excluding hydrogens is 234 g/mol. The van der Waals surface area contributed by atoms with Crippen LogP contribution in [0.15, 0.2) is 24.3 Å². The zero-order valence-corrected chi connectivity index (χ0v) is 11.1. The second kappa shape index (κ2) is 6.39. The molecule has 3 heteroatoms. The zero-order chi connectivity index (χ0) is 12.1. The number of benzene rings is 1. The Labute approximate surface area is 109 Å². The molecule has 0 amide bonds. The molecule has 1 aliphatic carbocycles. The number of hydrogen-bond acceptors (Lipinski definition) is 2. The molecule has 0 heterocycles. The third-order valence-corrected chi connectivity index (χ3v) is 3.62. The first-order valence-corrected chi connectivity index (χ1v) is 6.73. The van der Waals surface area contributed by atoms with Crippen molar-refractivity contribution in [1.29, 1.82) is 0 Å². The van der Waals surface area contributed by atoms with Gasteiger partial charge in [-0.3, -0.25) is 4.90 Å². The Balaban J connectivity index is 1.87. The summed E-state index contributed by atoms with van der Waals surface area (Å²) in [7, 11) is 1.75. The number of methoxy groups -OCH3 is 1. The molecule has 0 N–H and O–H groups in total. The van der Waals surface area contributed by atoms with Gasteiger partial charge in [-0.1, -0.05) is 24.3 Å². The van der Waals surface area contributed by atoms with E-state index in [1.54, 1.807) is 7.11 Å². The highest BCUT2D eigenvalue weighted by atomic mass is 35.5. The van der Waals surface area contributed by atoms with Crippen molar-refractivity contribution in [2.75, 3.05) is 39.2 Å². The average Bonchev–Trinajstić information content (AvgIpc) is 2.33. The fourth-order valence-corrected chi connectivity index (χ4v) is 2.71. The summed E-state index contributed by atoms with van der Waals surface area (Å²) in [4.78, 5) is 2.40. The number of nitrogens with zero attached hydrogens (tertiary/aromatic N) is 1. The number of alkyl halides is 1. The highest BCUT2D eigenvalue weighted by Gasteiger charge is 2.26. The van der Waals surface area contributed by atoms with Crippen LogP contribution in [0.25, 0.3) is 0 Å². The molecule has 0 saturated carbocycles. The number of halogens is 1. The SMILES string of the molecule is COCCN(CCCl)CC1Cc2ccccc21. The first-order chi connectivity index (χ1) is 8.35. The topological polar surface area (TPSA) is 12.5 Å². The zero-order valence-electron chi connectivity index (χ0n) is 10.4. The van der Waals surface area contributed by atoms with Gasteiger partial charge < -0.3 is 4.74 Å². The van der Waals surface area contributed by atoms with Crippen LogP contribution >= 0.6 is 11.6 Å². The second-order valence-electron chi connectivity index (χ2n) is 4.58. The van der Waals surface area contributed by atoms with E-state index in [2.05, 4.69) is 29.2 Å². The molecular formula is C14H20ClNO. The summed E-state index contributed by atoms with van der Waals surface area (Å²) in [5, 5.41) is 0. The van der Waals surface area contributed by atoms with Crippen molar-refractivity contribution in [3.63, 3.8) is 0 Å². The third kappa shape index (κ3) is 3.21. The monoisotopic (exact) mass is 253 g/mol. The fourth-order valence-electron chi connectivity index (χ4n) is 2.47. The van der Waals surface area contributed by atoms with Crippen molar-refractivity contribution in [1.82, 2.24) is 4.90 Å². The number of hydrogen-bond donors (Lipinski definition) is 0. The highest BCUT2D eigenvalue weighted by Crippen LogP contribution is 2.35. The van der Waals surface area contributed by atoms with Gasteiger partial charge in [0.2, 0.25) is 0 Å². The normalized spacial score (nSPS) is 17.9. The standard InChI is InChI=1S/C14H20ClNO/c1-17-9-8-16(7-6-15)11-13-10-12-4-2-3-5-14(12)13/h2-5,13H,6-11H2,1H3. The Morgan fingerprint density at radius 1 is 1.35 bits per heavy atom. The van der Waals surface area contributed by atoms with Gasteiger partial charge in [-0.15, -0.1) is 11.6 Å². The van der Waals surface area contributed by atoms with Crippen molar-refractivity contribution in [2.24, 2.45) is 0 Å². The van der Waals surface area contributed by atoms with Crippen molar-refractivity contribution in [3.05, 3.63) is 35.4 Å². The minimum atomic E-state index is 0.686. The lowest BCUT2D eigenvalue weighted by atomic mass is 9.77. The molecule has 94 valence electrons. The molecule has 1 aromatic carbocycles. The van der Waals surface area contributed by atoms with Crippen molar-refractivity contribution < 1.29 is 4.74 Å². The molecule has 0 saturated heterocycles. The van der Waals surface area contributed by atoms with Gasteiger partial charge in [0.05, 0.1) is 6.61 Å². The Hall–Kier alpha value is -0.570. The smallest absolute Gasteiger partial charge is 0.0589 e. The van der Waals surface area contributed by atoms with E-state index < -0.39 is 0 Å². The maximum absolute atomic E-state index is 5.84. The van der Waals surface area contributed by atoms with E-state index in [9.17, 15) is 0 Å². The van der Waals surface area contributed by atoms with E-state index in [1.807, 2.05) is 0 Å². The van der Waals surface area contributed by atoms with Crippen molar-refractivity contribution in [2.45, 2.75) is 12.3 Å². The highest BCUT2D eigenvalue weighted by molar-refractivity contribution is 6.18. The molecule has 17 heavy (non-hydrogen) atoms. The molecule has 1 aliphatic rings. The van der Waals surface area contributed by atoms with Crippen LogP contribution in [0.2, 0.25) is 0 Å². The summed E-state index contributed by atoms with van der Waals surface area (Å²) in [5.41, 5.74) is 3.03. The molecule has 0 aliphatic heterocycles. The lowest BCUT2D eigenvalue weighted by Crippen LogP contribution is -2.36.